The van der Waals surface area contributed by atoms with Crippen molar-refractivity contribution in [2.75, 3.05) is 16.8 Å². The van der Waals surface area contributed by atoms with Gasteiger partial charge in [-0.05, 0) is 198 Å². The number of nitrogens with zero attached hydrogens (tertiary/aromatic N) is 2. The molecular weight excluding hydrogens is 878 g/mol. The van der Waals surface area contributed by atoms with Crippen LogP contribution in [0.4, 0.5) is 22.7 Å². The van der Waals surface area contributed by atoms with Crippen LogP contribution in [0.2, 0.25) is 0 Å². The highest BCUT2D eigenvalue weighted by Crippen LogP contribution is 2.53. The van der Waals surface area contributed by atoms with Crippen molar-refractivity contribution in [2.24, 2.45) is 0 Å². The van der Waals surface area contributed by atoms with Crippen LogP contribution < -0.4 is 9.80 Å². The van der Waals surface area contributed by atoms with Gasteiger partial charge in [0.1, 0.15) is 0 Å². The second-order valence-corrected chi connectivity index (χ2v) is 21.0. The molecule has 1 atom stereocenters. The molecule has 0 bridgehead atoms. The first-order chi connectivity index (χ1) is 30.0. The third-order valence-corrected chi connectivity index (χ3v) is 15.0. The molecule has 1 heterocycles. The third kappa shape index (κ3) is 8.41. The van der Waals surface area contributed by atoms with E-state index in [1.54, 1.807) is 0 Å². The molecule has 1 unspecified atom stereocenters. The van der Waals surface area contributed by atoms with Gasteiger partial charge in [0.2, 0.25) is 0 Å². The zero-order chi connectivity index (χ0) is 45.0. The Labute approximate surface area is 391 Å². The van der Waals surface area contributed by atoms with Gasteiger partial charge in [-0.1, -0.05) is 120 Å². The smallest absolute Gasteiger partial charge is 0.0945 e. The van der Waals surface area contributed by atoms with Crippen molar-refractivity contribution < 1.29 is 0 Å². The topological polar surface area (TPSA) is 22.3 Å². The first-order valence-corrected chi connectivity index (χ1v) is 24.1. The zero-order valence-electron chi connectivity index (χ0n) is 39.6. The van der Waals surface area contributed by atoms with Gasteiger partial charge in [0, 0.05) is 44.8 Å². The number of rotatable bonds is 11. The number of hydrogen-bond donors (Lipinski definition) is 1. The van der Waals surface area contributed by atoms with Gasteiger partial charge in [-0.3, -0.25) is 0 Å². The summed E-state index contributed by atoms with van der Waals surface area (Å²) in [5.74, 6) is 0.427. The molecule has 1 aromatic heterocycles. The quantitative estimate of drug-likeness (QED) is 0.103. The molecule has 0 amide bonds. The Morgan fingerprint density at radius 1 is 0.810 bits per heavy atom. The number of H-pyrrole nitrogens is 1. The van der Waals surface area contributed by atoms with E-state index in [-0.39, 0.29) is 10.8 Å². The first kappa shape index (κ1) is 44.5. The number of allylic oxidation sites excluding steroid dienone is 5. The second kappa shape index (κ2) is 17.5. The summed E-state index contributed by atoms with van der Waals surface area (Å²) in [5, 5.41) is 1.28. The minimum absolute atomic E-state index is 0.106. The first-order valence-electron chi connectivity index (χ1n) is 23.0. The van der Waals surface area contributed by atoms with E-state index in [0.29, 0.717) is 5.92 Å². The summed E-state index contributed by atoms with van der Waals surface area (Å²) in [4.78, 5) is 8.86. The summed E-state index contributed by atoms with van der Waals surface area (Å²) in [6.07, 6.45) is 18.5. The van der Waals surface area contributed by atoms with Crippen LogP contribution in [0.15, 0.2) is 120 Å². The molecule has 0 radical (unpaired) electrons. The standard InChI is InChI=1S/C59H66IN3/c1-13-17-43(60)28-31-63(54-27-22-38(4)32-41(54)7)57-55-50(45-18-15-16-19-53(45)61-55)34-48(56(57)62(12)44-25-20-37(3)21-26-44)42-24-23-40(6)46(33-42)49-36-52-51(35-47(49)39(5)14-2)58(8,9)29-30-59(52,10)11/h13,16-17,19-28,31-36,39,61H,1,14-15,18,29-30H2,2-12H3/b31-28-,43-17+. The lowest BCUT2D eigenvalue weighted by molar-refractivity contribution is 0.331. The summed E-state index contributed by atoms with van der Waals surface area (Å²) in [6.45, 7) is 27.5. The second-order valence-electron chi connectivity index (χ2n) is 19.8. The zero-order valence-corrected chi connectivity index (χ0v) is 41.7. The molecule has 324 valence electrons. The molecule has 6 aromatic rings. The van der Waals surface area contributed by atoms with Crippen LogP contribution >= 0.6 is 22.6 Å². The maximum atomic E-state index is 4.01. The molecule has 0 aliphatic heterocycles. The Morgan fingerprint density at radius 3 is 2.19 bits per heavy atom. The summed E-state index contributed by atoms with van der Waals surface area (Å²) in [7, 11) is 2.25. The number of halogens is 1. The molecular formula is C59H66IN3. The number of aryl methyl sites for hydroxylation is 5. The normalized spacial score (nSPS) is 16.0. The highest BCUT2D eigenvalue weighted by atomic mass is 127. The maximum absolute atomic E-state index is 4.01. The number of nitrogens with one attached hydrogen (secondary N) is 1. The van der Waals surface area contributed by atoms with Crippen LogP contribution in [-0.2, 0) is 17.3 Å². The predicted molar refractivity (Wildman–Crippen MR) is 284 cm³/mol. The third-order valence-electron chi connectivity index (χ3n) is 14.3. The number of aromatic nitrogens is 1. The minimum Gasteiger partial charge on any atom is -0.353 e. The molecule has 2 aliphatic rings. The summed E-state index contributed by atoms with van der Waals surface area (Å²) < 4.78 is 1.10. The molecule has 4 heteroatoms. The van der Waals surface area contributed by atoms with Crippen LogP contribution in [0.25, 0.3) is 39.2 Å². The molecule has 8 rings (SSSR count). The molecule has 5 aromatic carbocycles. The van der Waals surface area contributed by atoms with Crippen LogP contribution in [0.1, 0.15) is 123 Å². The number of fused-ring (bicyclic) bond motifs is 4. The van der Waals surface area contributed by atoms with Crippen molar-refractivity contribution >= 4 is 62.3 Å². The Morgan fingerprint density at radius 2 is 1.51 bits per heavy atom. The van der Waals surface area contributed by atoms with Gasteiger partial charge >= 0.3 is 0 Å². The van der Waals surface area contributed by atoms with Crippen LogP contribution in [0.3, 0.4) is 0 Å². The monoisotopic (exact) mass is 943 g/mol. The number of benzene rings is 5. The fraction of sp³-hybridized carbons (Fsp3) is 0.322. The van der Waals surface area contributed by atoms with E-state index in [2.05, 4.69) is 230 Å². The summed E-state index contributed by atoms with van der Waals surface area (Å²) >= 11 is 2.41. The van der Waals surface area contributed by atoms with Gasteiger partial charge in [0.15, 0.2) is 0 Å². The fourth-order valence-corrected chi connectivity index (χ4v) is 10.6. The number of aromatic amines is 1. The lowest BCUT2D eigenvalue weighted by atomic mass is 9.62. The van der Waals surface area contributed by atoms with E-state index in [9.17, 15) is 0 Å². The Balaban J connectivity index is 1.50. The Hall–Kier alpha value is -5.07. The van der Waals surface area contributed by atoms with Crippen LogP contribution in [0.5, 0.6) is 0 Å². The largest absolute Gasteiger partial charge is 0.353 e. The van der Waals surface area contributed by atoms with E-state index in [0.717, 1.165) is 51.1 Å². The summed E-state index contributed by atoms with van der Waals surface area (Å²) in [6, 6.07) is 30.8. The SMILES string of the molecule is C=C/C=C(I)\C=C/N(c1ccc(C)cc1C)c1c(N(C)c2ccc(C)cc2)c(-c2ccc(C)c(-c3cc4c(cc3C(C)CC)C(C)(C)CCC4(C)C)c2)cc2c3c([nH]c12)C=CCC3. The lowest BCUT2D eigenvalue weighted by Gasteiger charge is -2.43. The molecule has 0 saturated carbocycles. The number of anilines is 4. The van der Waals surface area contributed by atoms with Gasteiger partial charge in [-0.25, -0.2) is 0 Å². The van der Waals surface area contributed by atoms with Crippen molar-refractivity contribution in [1.29, 1.82) is 0 Å². The van der Waals surface area contributed by atoms with Crippen LogP contribution in [-0.4, -0.2) is 12.0 Å². The molecule has 63 heavy (non-hydrogen) atoms. The lowest BCUT2D eigenvalue weighted by Crippen LogP contribution is -2.34. The summed E-state index contributed by atoms with van der Waals surface area (Å²) in [5.41, 5.74) is 23.2. The van der Waals surface area contributed by atoms with Gasteiger partial charge in [-0.15, -0.1) is 0 Å². The van der Waals surface area contributed by atoms with Gasteiger partial charge in [-0.2, -0.15) is 0 Å². The van der Waals surface area contributed by atoms with E-state index in [4.69, 9.17) is 0 Å². The molecule has 3 nitrogen and oxygen atoms in total. The van der Waals surface area contributed by atoms with E-state index in [1.807, 2.05) is 6.08 Å². The van der Waals surface area contributed by atoms with Gasteiger partial charge < -0.3 is 14.8 Å². The number of hydrogen-bond acceptors (Lipinski definition) is 2. The molecule has 0 saturated heterocycles. The van der Waals surface area contributed by atoms with Crippen molar-refractivity contribution in [3.8, 4) is 22.3 Å². The van der Waals surface area contributed by atoms with Gasteiger partial charge in [0.25, 0.3) is 0 Å². The highest BCUT2D eigenvalue weighted by Gasteiger charge is 2.38. The van der Waals surface area contributed by atoms with Gasteiger partial charge in [0.05, 0.1) is 16.9 Å². The fourth-order valence-electron chi connectivity index (χ4n) is 10.1. The Bertz CT molecular complexity index is 2820. The maximum Gasteiger partial charge on any atom is 0.0945 e. The average Bonchev–Trinajstić information content (AvgIpc) is 3.63. The molecule has 0 spiro atoms. The van der Waals surface area contributed by atoms with Crippen molar-refractivity contribution in [2.45, 2.75) is 118 Å². The molecule has 1 N–H and O–H groups in total. The van der Waals surface area contributed by atoms with Crippen molar-refractivity contribution in [1.82, 2.24) is 4.98 Å². The van der Waals surface area contributed by atoms with Crippen molar-refractivity contribution in [3.63, 3.8) is 0 Å². The predicted octanol–water partition coefficient (Wildman–Crippen LogP) is 17.5. The van der Waals surface area contributed by atoms with E-state index in [1.165, 1.54) is 90.7 Å². The Kier molecular flexibility index (Phi) is 12.4. The highest BCUT2D eigenvalue weighted by molar-refractivity contribution is 14.1. The molecule has 0 fully saturated rings. The average molecular weight is 944 g/mol. The van der Waals surface area contributed by atoms with E-state index < -0.39 is 0 Å². The minimum atomic E-state index is 0.106. The van der Waals surface area contributed by atoms with Crippen molar-refractivity contribution in [3.05, 3.63) is 170 Å². The van der Waals surface area contributed by atoms with Crippen LogP contribution in [0, 0.1) is 27.7 Å². The molecule has 2 aliphatic carbocycles. The van der Waals surface area contributed by atoms with E-state index >= 15 is 0 Å².